The van der Waals surface area contributed by atoms with E-state index in [1.807, 2.05) is 0 Å². The van der Waals surface area contributed by atoms with E-state index in [1.165, 1.54) is 20.0 Å². The van der Waals surface area contributed by atoms with Crippen molar-refractivity contribution in [2.45, 2.75) is 25.7 Å². The second-order valence-corrected chi connectivity index (χ2v) is 4.78. The van der Waals surface area contributed by atoms with Gasteiger partial charge in [-0.15, -0.1) is 0 Å². The Morgan fingerprint density at radius 2 is 2.31 bits per heavy atom. The van der Waals surface area contributed by atoms with Crippen LogP contribution in [0.1, 0.15) is 25.7 Å². The average Bonchev–Trinajstić information content (AvgIpc) is 2.80. The Morgan fingerprint density at radius 1 is 1.62 bits per heavy atom. The van der Waals surface area contributed by atoms with Crippen molar-refractivity contribution in [1.82, 2.24) is 4.72 Å². The Balaban J connectivity index is 2.17. The lowest BCUT2D eigenvalue weighted by molar-refractivity contribution is -0.136. The van der Waals surface area contributed by atoms with Gasteiger partial charge in [-0.05, 0) is 23.3 Å². The van der Waals surface area contributed by atoms with Gasteiger partial charge in [-0.25, -0.2) is 4.79 Å². The summed E-state index contributed by atoms with van der Waals surface area (Å²) in [5.74, 6) is -0.163. The predicted molar refractivity (Wildman–Crippen MR) is 60.8 cm³/mol. The predicted octanol–water partition coefficient (Wildman–Crippen LogP) is 0.856. The molecule has 1 N–H and O–H groups in total. The molecule has 1 unspecified atom stereocenters. The second kappa shape index (κ2) is 4.88. The van der Waals surface area contributed by atoms with E-state index in [9.17, 15) is 9.35 Å². The van der Waals surface area contributed by atoms with Crippen LogP contribution in [-0.4, -0.2) is 23.3 Å². The first-order valence-electron chi connectivity index (χ1n) is 5.28. The summed E-state index contributed by atoms with van der Waals surface area (Å²) in [6, 6.07) is 0. The van der Waals surface area contributed by atoms with Crippen LogP contribution in [0.5, 0.6) is 0 Å². The Bertz CT molecular complexity index is 348. The summed E-state index contributed by atoms with van der Waals surface area (Å²) in [5.41, 5.74) is 0.993. The Morgan fingerprint density at radius 3 is 2.94 bits per heavy atom. The number of hydrogen-bond acceptors (Lipinski definition) is 5. The maximum Gasteiger partial charge on any atom is 0.358 e. The number of nitrogens with one attached hydrogen (secondary N) is 1. The van der Waals surface area contributed by atoms with Crippen LogP contribution in [0.4, 0.5) is 0 Å². The van der Waals surface area contributed by atoms with Gasteiger partial charge in [-0.3, -0.25) is 0 Å². The minimum absolute atomic E-state index is 0.234. The molecule has 1 saturated carbocycles. The molecule has 16 heavy (non-hydrogen) atoms. The standard InChI is InChI=1S/C10H14N2O3S/c1-15-10(13)9-6-8(11-16(14)12-9)7-4-2-3-5-7/h6-7,12H,2-5H2,1H3. The molecule has 0 saturated heterocycles. The van der Waals surface area contributed by atoms with Crippen LogP contribution in [0.25, 0.3) is 0 Å². The summed E-state index contributed by atoms with van der Waals surface area (Å²) < 4.78 is 22.5. The fourth-order valence-corrected chi connectivity index (χ4v) is 2.81. The third-order valence-corrected chi connectivity index (χ3v) is 3.63. The Labute approximate surface area is 97.4 Å². The number of ether oxygens (including phenoxy) is 1. The molecule has 0 amide bonds. The number of hydrogen-bond donors (Lipinski definition) is 1. The zero-order chi connectivity index (χ0) is 11.5. The Kier molecular flexibility index (Phi) is 3.50. The number of carbonyl (C=O) groups is 1. The largest absolute Gasteiger partial charge is 0.567 e. The minimum atomic E-state index is -1.55. The number of esters is 1. The molecule has 0 bridgehead atoms. The van der Waals surface area contributed by atoms with Gasteiger partial charge in [0, 0.05) is 5.92 Å². The van der Waals surface area contributed by atoms with Gasteiger partial charge in [-0.2, -0.15) is 4.72 Å². The van der Waals surface area contributed by atoms with Gasteiger partial charge in [0.2, 0.25) is 11.5 Å². The fraction of sp³-hybridized carbons (Fsp3) is 0.600. The van der Waals surface area contributed by atoms with Gasteiger partial charge in [0.15, 0.2) is 5.70 Å². The van der Waals surface area contributed by atoms with E-state index in [1.54, 1.807) is 6.08 Å². The molecule has 88 valence electrons. The monoisotopic (exact) mass is 242 g/mol. The average molecular weight is 242 g/mol. The van der Waals surface area contributed by atoms with Gasteiger partial charge in [0.05, 0.1) is 12.8 Å². The molecule has 2 aliphatic rings. The summed E-state index contributed by atoms with van der Waals surface area (Å²) in [6.07, 6.45) is 6.11. The van der Waals surface area contributed by atoms with Crippen molar-refractivity contribution < 1.29 is 14.1 Å². The molecule has 5 nitrogen and oxygen atoms in total. The van der Waals surface area contributed by atoms with Crippen LogP contribution < -0.4 is 4.72 Å². The molecule has 0 radical (unpaired) electrons. The fourth-order valence-electron chi connectivity index (χ4n) is 2.04. The van der Waals surface area contributed by atoms with E-state index in [2.05, 4.69) is 13.9 Å². The van der Waals surface area contributed by atoms with E-state index in [0.717, 1.165) is 18.6 Å². The van der Waals surface area contributed by atoms with Gasteiger partial charge < -0.3 is 9.29 Å². The number of nitrogens with zero attached hydrogens (tertiary/aromatic N) is 1. The van der Waals surface area contributed by atoms with Crippen molar-refractivity contribution in [1.29, 1.82) is 0 Å². The van der Waals surface area contributed by atoms with E-state index in [0.29, 0.717) is 5.92 Å². The van der Waals surface area contributed by atoms with Crippen LogP contribution in [0.2, 0.25) is 0 Å². The highest BCUT2D eigenvalue weighted by atomic mass is 32.2. The van der Waals surface area contributed by atoms with Crippen LogP contribution in [-0.2, 0) is 21.1 Å². The van der Waals surface area contributed by atoms with E-state index in [4.69, 9.17) is 0 Å². The molecule has 1 atom stereocenters. The normalized spacial score (nSPS) is 25.8. The van der Waals surface area contributed by atoms with Crippen LogP contribution >= 0.6 is 0 Å². The molecule has 1 fully saturated rings. The van der Waals surface area contributed by atoms with Crippen LogP contribution in [0.15, 0.2) is 16.2 Å². The van der Waals surface area contributed by atoms with Crippen LogP contribution in [0.3, 0.4) is 0 Å². The van der Waals surface area contributed by atoms with Gasteiger partial charge in [0.25, 0.3) is 0 Å². The van der Waals surface area contributed by atoms with Crippen molar-refractivity contribution in [2.24, 2.45) is 10.3 Å². The molecular formula is C10H14N2O3S. The molecule has 0 aromatic rings. The quantitative estimate of drug-likeness (QED) is 0.575. The van der Waals surface area contributed by atoms with Gasteiger partial charge in [-0.1, -0.05) is 12.8 Å². The van der Waals surface area contributed by atoms with Gasteiger partial charge in [0.1, 0.15) is 0 Å². The molecule has 0 aromatic carbocycles. The zero-order valence-electron chi connectivity index (χ0n) is 9.06. The van der Waals surface area contributed by atoms with Crippen molar-refractivity contribution >= 4 is 23.2 Å². The third kappa shape index (κ3) is 2.38. The summed E-state index contributed by atoms with van der Waals surface area (Å²) in [4.78, 5) is 11.3. The maximum atomic E-state index is 11.4. The summed E-state index contributed by atoms with van der Waals surface area (Å²) in [5, 5.41) is 0. The number of allylic oxidation sites excluding steroid dienone is 1. The second-order valence-electron chi connectivity index (χ2n) is 3.90. The lowest BCUT2D eigenvalue weighted by atomic mass is 10.0. The third-order valence-electron chi connectivity index (χ3n) is 2.86. The first-order chi connectivity index (χ1) is 7.70. The molecule has 0 spiro atoms. The molecular weight excluding hydrogens is 228 g/mol. The van der Waals surface area contributed by atoms with Crippen molar-refractivity contribution in [3.63, 3.8) is 0 Å². The van der Waals surface area contributed by atoms with Gasteiger partial charge >= 0.3 is 5.97 Å². The molecule has 1 aliphatic carbocycles. The minimum Gasteiger partial charge on any atom is -0.567 e. The van der Waals surface area contributed by atoms with E-state index < -0.39 is 17.5 Å². The summed E-state index contributed by atoms with van der Waals surface area (Å²) >= 11 is -1.55. The van der Waals surface area contributed by atoms with Crippen molar-refractivity contribution in [2.75, 3.05) is 7.11 Å². The molecule has 6 heteroatoms. The number of rotatable bonds is 2. The highest BCUT2D eigenvalue weighted by molar-refractivity contribution is 7.88. The van der Waals surface area contributed by atoms with Crippen LogP contribution in [0, 0.1) is 5.92 Å². The number of methoxy groups -OCH3 is 1. The molecule has 2 rings (SSSR count). The highest BCUT2D eigenvalue weighted by Crippen LogP contribution is 2.28. The van der Waals surface area contributed by atoms with E-state index in [-0.39, 0.29) is 5.70 Å². The van der Waals surface area contributed by atoms with E-state index >= 15 is 0 Å². The molecule has 0 aromatic heterocycles. The Hall–Kier alpha value is -1.01. The lowest BCUT2D eigenvalue weighted by Crippen LogP contribution is -2.33. The smallest absolute Gasteiger partial charge is 0.358 e. The van der Waals surface area contributed by atoms with Crippen molar-refractivity contribution in [3.8, 4) is 0 Å². The zero-order valence-corrected chi connectivity index (χ0v) is 9.88. The summed E-state index contributed by atoms with van der Waals surface area (Å²) in [6.45, 7) is 0. The first-order valence-corrected chi connectivity index (χ1v) is 6.38. The van der Waals surface area contributed by atoms with Crippen molar-refractivity contribution in [3.05, 3.63) is 11.8 Å². The summed E-state index contributed by atoms with van der Waals surface area (Å²) in [7, 11) is 1.30. The first kappa shape index (κ1) is 11.5. The maximum absolute atomic E-state index is 11.4. The topological polar surface area (TPSA) is 73.8 Å². The molecule has 1 aliphatic heterocycles. The highest BCUT2D eigenvalue weighted by Gasteiger charge is 2.29. The SMILES string of the molecule is COC(=O)C1=CC(C2CCCC2)=N[S+]([O-])N1. The molecule has 1 heterocycles. The number of carbonyl (C=O) groups excluding carboxylic acids is 1. The lowest BCUT2D eigenvalue weighted by Gasteiger charge is -2.16.